The summed E-state index contributed by atoms with van der Waals surface area (Å²) in [5.41, 5.74) is 4.37. The number of hydrogen-bond acceptors (Lipinski definition) is 4. The predicted molar refractivity (Wildman–Crippen MR) is 127 cm³/mol. The minimum absolute atomic E-state index is 0.119. The number of amides is 2. The van der Waals surface area contributed by atoms with Crippen molar-refractivity contribution in [2.24, 2.45) is 0 Å². The maximum Gasteiger partial charge on any atom is 0.243 e. The number of benzene rings is 2. The van der Waals surface area contributed by atoms with Crippen LogP contribution >= 0.6 is 11.8 Å². The molecule has 0 bridgehead atoms. The summed E-state index contributed by atoms with van der Waals surface area (Å²) >= 11 is 1.37. The first kappa shape index (κ1) is 22.1. The first-order valence-electron chi connectivity index (χ1n) is 10.9. The second kappa shape index (κ2) is 10.0. The molecule has 166 valence electrons. The van der Waals surface area contributed by atoms with Gasteiger partial charge in [0.15, 0.2) is 5.16 Å². The number of aromatic nitrogens is 2. The van der Waals surface area contributed by atoms with Crippen LogP contribution in [0.25, 0.3) is 5.69 Å². The van der Waals surface area contributed by atoms with Gasteiger partial charge >= 0.3 is 0 Å². The van der Waals surface area contributed by atoms with E-state index in [9.17, 15) is 9.59 Å². The molecule has 1 saturated carbocycles. The van der Waals surface area contributed by atoms with Crippen LogP contribution in [0.3, 0.4) is 0 Å². The lowest BCUT2D eigenvalue weighted by Gasteiger charge is -2.18. The van der Waals surface area contributed by atoms with E-state index < -0.39 is 6.04 Å². The summed E-state index contributed by atoms with van der Waals surface area (Å²) in [6, 6.07) is 15.7. The number of hydrogen-bond donors (Lipinski definition) is 2. The van der Waals surface area contributed by atoms with Gasteiger partial charge in [-0.15, -0.1) is 0 Å². The lowest BCUT2D eigenvalue weighted by Crippen LogP contribution is -2.49. The maximum atomic E-state index is 12.8. The largest absolute Gasteiger partial charge is 0.352 e. The van der Waals surface area contributed by atoms with Gasteiger partial charge in [-0.05, 0) is 49.4 Å². The third kappa shape index (κ3) is 5.79. The number of carbonyl (C=O) groups excluding carboxylic acids is 2. The highest BCUT2D eigenvalue weighted by Crippen LogP contribution is 2.24. The molecule has 1 fully saturated rings. The van der Waals surface area contributed by atoms with Crippen LogP contribution in [0.2, 0.25) is 0 Å². The van der Waals surface area contributed by atoms with Gasteiger partial charge in [0.1, 0.15) is 6.04 Å². The fraction of sp³-hybridized carbons (Fsp3) is 0.320. The molecule has 1 heterocycles. The monoisotopic (exact) mass is 448 g/mol. The molecule has 6 nitrogen and oxygen atoms in total. The van der Waals surface area contributed by atoms with E-state index in [4.69, 9.17) is 0 Å². The third-order valence-electron chi connectivity index (χ3n) is 5.42. The van der Waals surface area contributed by atoms with Crippen LogP contribution < -0.4 is 10.6 Å². The summed E-state index contributed by atoms with van der Waals surface area (Å²) < 4.78 is 2.00. The Kier molecular flexibility index (Phi) is 6.95. The van der Waals surface area contributed by atoms with Crippen molar-refractivity contribution >= 4 is 23.6 Å². The molecule has 4 rings (SSSR count). The molecule has 0 radical (unpaired) electrons. The van der Waals surface area contributed by atoms with Gasteiger partial charge in [0.05, 0.1) is 11.4 Å². The summed E-state index contributed by atoms with van der Waals surface area (Å²) in [6.07, 6.45) is 6.13. The number of carbonyl (C=O) groups is 2. The molecule has 1 aromatic heterocycles. The highest BCUT2D eigenvalue weighted by Gasteiger charge is 2.28. The summed E-state index contributed by atoms with van der Waals surface area (Å²) in [5.74, 6) is -0.117. The molecule has 7 heteroatoms. The van der Waals surface area contributed by atoms with Crippen molar-refractivity contribution in [3.63, 3.8) is 0 Å². The fourth-order valence-corrected chi connectivity index (χ4v) is 4.29. The van der Waals surface area contributed by atoms with Crippen LogP contribution in [0.15, 0.2) is 66.1 Å². The first-order chi connectivity index (χ1) is 15.5. The maximum absolute atomic E-state index is 12.8. The topological polar surface area (TPSA) is 76.0 Å². The fourth-order valence-electron chi connectivity index (χ4n) is 3.51. The Bertz CT molecular complexity index is 1090. The van der Waals surface area contributed by atoms with Crippen molar-refractivity contribution in [2.45, 2.75) is 50.4 Å². The van der Waals surface area contributed by atoms with Crippen LogP contribution in [-0.2, 0) is 16.0 Å². The van der Waals surface area contributed by atoms with E-state index in [-0.39, 0.29) is 23.6 Å². The van der Waals surface area contributed by atoms with Crippen molar-refractivity contribution in [1.29, 1.82) is 0 Å². The molecule has 0 aliphatic heterocycles. The number of nitrogens with one attached hydrogen (secondary N) is 2. The van der Waals surface area contributed by atoms with E-state index in [1.807, 2.05) is 41.1 Å². The molecule has 0 saturated heterocycles. The zero-order valence-electron chi connectivity index (χ0n) is 18.4. The number of aryl methyl sites for hydroxylation is 2. The Morgan fingerprint density at radius 3 is 2.69 bits per heavy atom. The van der Waals surface area contributed by atoms with Crippen LogP contribution in [0.5, 0.6) is 0 Å². The highest BCUT2D eigenvalue weighted by atomic mass is 32.2. The second-order valence-electron chi connectivity index (χ2n) is 8.25. The van der Waals surface area contributed by atoms with Gasteiger partial charge < -0.3 is 10.6 Å². The molecule has 1 unspecified atom stereocenters. The quantitative estimate of drug-likeness (QED) is 0.491. The molecule has 2 aromatic carbocycles. The smallest absolute Gasteiger partial charge is 0.243 e. The minimum Gasteiger partial charge on any atom is -0.352 e. The van der Waals surface area contributed by atoms with E-state index in [0.29, 0.717) is 6.42 Å². The van der Waals surface area contributed by atoms with Crippen molar-refractivity contribution in [3.05, 3.63) is 77.6 Å². The van der Waals surface area contributed by atoms with Crippen molar-refractivity contribution < 1.29 is 9.59 Å². The molecule has 0 spiro atoms. The molecule has 3 aromatic rings. The number of nitrogens with zero attached hydrogens (tertiary/aromatic N) is 2. The molecule has 32 heavy (non-hydrogen) atoms. The number of imidazole rings is 1. The van der Waals surface area contributed by atoms with E-state index in [2.05, 4.69) is 47.7 Å². The lowest BCUT2D eigenvalue weighted by molar-refractivity contribution is -0.128. The Balaban J connectivity index is 1.41. The molecular weight excluding hydrogens is 420 g/mol. The average Bonchev–Trinajstić information content (AvgIpc) is 3.48. The predicted octanol–water partition coefficient (Wildman–Crippen LogP) is 3.59. The van der Waals surface area contributed by atoms with Gasteiger partial charge in [-0.2, -0.15) is 0 Å². The van der Waals surface area contributed by atoms with Gasteiger partial charge in [-0.25, -0.2) is 4.98 Å². The standard InChI is InChI=1S/C25H28N4O2S/c1-17-8-9-18(2)22(14-17)29-13-12-26-25(29)32-16-23(30)28-21(24(31)27-20-10-11-20)15-19-6-4-3-5-7-19/h3-9,12-14,20-21H,10-11,15-16H2,1-2H3,(H,27,31)(H,28,30). The molecule has 2 N–H and O–H groups in total. The molecular formula is C25H28N4O2S. The van der Waals surface area contributed by atoms with Crippen molar-refractivity contribution in [2.75, 3.05) is 5.75 Å². The zero-order chi connectivity index (χ0) is 22.5. The van der Waals surface area contributed by atoms with Gasteiger partial charge in [0.2, 0.25) is 11.8 Å². The molecule has 1 atom stereocenters. The van der Waals surface area contributed by atoms with E-state index in [1.54, 1.807) is 6.20 Å². The molecule has 1 aliphatic carbocycles. The first-order valence-corrected chi connectivity index (χ1v) is 11.9. The summed E-state index contributed by atoms with van der Waals surface area (Å²) in [7, 11) is 0. The van der Waals surface area contributed by atoms with Gasteiger partial charge in [0.25, 0.3) is 0 Å². The van der Waals surface area contributed by atoms with Crippen molar-refractivity contribution in [1.82, 2.24) is 20.2 Å². The number of rotatable bonds is 9. The molecule has 1 aliphatic rings. The number of thioether (sulfide) groups is 1. The Hall–Kier alpha value is -3.06. The minimum atomic E-state index is -0.593. The summed E-state index contributed by atoms with van der Waals surface area (Å²) in [4.78, 5) is 29.9. The van der Waals surface area contributed by atoms with Crippen LogP contribution in [-0.4, -0.2) is 39.2 Å². The third-order valence-corrected chi connectivity index (χ3v) is 6.39. The van der Waals surface area contributed by atoms with E-state index in [0.717, 1.165) is 34.8 Å². The average molecular weight is 449 g/mol. The lowest BCUT2D eigenvalue weighted by atomic mass is 10.1. The van der Waals surface area contributed by atoms with Crippen LogP contribution in [0, 0.1) is 13.8 Å². The summed E-state index contributed by atoms with van der Waals surface area (Å²) in [5, 5.41) is 6.69. The zero-order valence-corrected chi connectivity index (χ0v) is 19.2. The second-order valence-corrected chi connectivity index (χ2v) is 9.19. The van der Waals surface area contributed by atoms with Crippen LogP contribution in [0.1, 0.15) is 29.5 Å². The van der Waals surface area contributed by atoms with E-state index >= 15 is 0 Å². The van der Waals surface area contributed by atoms with Crippen LogP contribution in [0.4, 0.5) is 0 Å². The Morgan fingerprint density at radius 1 is 1.16 bits per heavy atom. The SMILES string of the molecule is Cc1ccc(C)c(-n2ccnc2SCC(=O)NC(Cc2ccccc2)C(=O)NC2CC2)c1. The summed E-state index contributed by atoms with van der Waals surface area (Å²) in [6.45, 7) is 4.11. The van der Waals surface area contributed by atoms with E-state index in [1.165, 1.54) is 17.3 Å². The Labute approximate surface area is 192 Å². The molecule has 2 amide bonds. The van der Waals surface area contributed by atoms with Gasteiger partial charge in [0, 0.05) is 24.9 Å². The van der Waals surface area contributed by atoms with Gasteiger partial charge in [-0.1, -0.05) is 54.2 Å². The highest BCUT2D eigenvalue weighted by molar-refractivity contribution is 7.99. The normalized spacial score (nSPS) is 14.1. The van der Waals surface area contributed by atoms with Crippen molar-refractivity contribution in [3.8, 4) is 5.69 Å². The van der Waals surface area contributed by atoms with Gasteiger partial charge in [-0.3, -0.25) is 14.2 Å². The Morgan fingerprint density at radius 2 is 1.94 bits per heavy atom.